The fraction of sp³-hybridized carbons (Fsp3) is 0.682. The molecule has 1 N–H and O–H groups in total. The molecule has 3 rings (SSSR count). The van der Waals surface area contributed by atoms with Gasteiger partial charge in [0, 0.05) is 12.6 Å². The first-order valence-electron chi connectivity index (χ1n) is 10.8. The molecule has 1 saturated carbocycles. The molecular weight excluding hydrogens is 404 g/mol. The zero-order chi connectivity index (χ0) is 21.7. The van der Waals surface area contributed by atoms with Crippen LogP contribution >= 0.6 is 0 Å². The molecule has 1 unspecified atom stereocenters. The summed E-state index contributed by atoms with van der Waals surface area (Å²) in [5, 5.41) is 0. The summed E-state index contributed by atoms with van der Waals surface area (Å²) in [6.45, 7) is 4.36. The Bertz CT molecular complexity index is 791. The zero-order valence-electron chi connectivity index (χ0n) is 18.1. The molecule has 1 aromatic carbocycles. The van der Waals surface area contributed by atoms with Crippen LogP contribution in [-0.4, -0.2) is 63.1 Å². The van der Waals surface area contributed by atoms with Crippen molar-refractivity contribution >= 4 is 16.1 Å². The third-order valence-corrected chi connectivity index (χ3v) is 6.66. The maximum absolute atomic E-state index is 12.5. The monoisotopic (exact) mass is 438 g/mol. The molecule has 2 aliphatic rings. The summed E-state index contributed by atoms with van der Waals surface area (Å²) in [5.41, 5.74) is 1.38. The number of hydrogen-bond acceptors (Lipinski definition) is 5. The highest BCUT2D eigenvalue weighted by molar-refractivity contribution is 7.88. The molecule has 0 spiro atoms. The van der Waals surface area contributed by atoms with Crippen LogP contribution in [0.15, 0.2) is 30.3 Å². The number of amides is 1. The molecular formula is C22H34N2O5S. The topological polar surface area (TPSA) is 84.9 Å². The predicted octanol–water partition coefficient (Wildman–Crippen LogP) is 3.27. The van der Waals surface area contributed by atoms with Crippen LogP contribution in [0.4, 0.5) is 4.79 Å². The van der Waals surface area contributed by atoms with E-state index in [2.05, 4.69) is 29.0 Å². The Morgan fingerprint density at radius 1 is 1.13 bits per heavy atom. The molecule has 1 aliphatic carbocycles. The lowest BCUT2D eigenvalue weighted by Crippen LogP contribution is -2.49. The van der Waals surface area contributed by atoms with E-state index in [4.69, 9.17) is 9.47 Å². The smallest absolute Gasteiger partial charge is 0.410 e. The molecule has 30 heavy (non-hydrogen) atoms. The lowest BCUT2D eigenvalue weighted by atomic mass is 9.83. The highest BCUT2D eigenvalue weighted by Gasteiger charge is 2.40. The van der Waals surface area contributed by atoms with Crippen molar-refractivity contribution < 1.29 is 22.7 Å². The number of nitrogens with one attached hydrogen (secondary N) is 1. The molecule has 8 heteroatoms. The molecule has 1 amide bonds. The van der Waals surface area contributed by atoms with Crippen LogP contribution in [-0.2, 0) is 19.5 Å². The maximum Gasteiger partial charge on any atom is 0.410 e. The number of rotatable bonds is 7. The molecule has 7 nitrogen and oxygen atoms in total. The second-order valence-corrected chi connectivity index (χ2v) is 10.5. The molecule has 2 atom stereocenters. The van der Waals surface area contributed by atoms with E-state index in [9.17, 15) is 13.2 Å². The van der Waals surface area contributed by atoms with Crippen molar-refractivity contribution in [1.29, 1.82) is 0 Å². The average Bonchev–Trinajstić information content (AvgIpc) is 3.08. The van der Waals surface area contributed by atoms with Crippen LogP contribution in [0, 0.1) is 0 Å². The van der Waals surface area contributed by atoms with Gasteiger partial charge < -0.3 is 14.4 Å². The van der Waals surface area contributed by atoms with Gasteiger partial charge in [0.1, 0.15) is 0 Å². The lowest BCUT2D eigenvalue weighted by molar-refractivity contribution is -0.00934. The third-order valence-electron chi connectivity index (χ3n) is 5.93. The number of carbonyl (C=O) groups excluding carboxylic acids is 1. The van der Waals surface area contributed by atoms with Crippen molar-refractivity contribution in [1.82, 2.24) is 9.62 Å². The summed E-state index contributed by atoms with van der Waals surface area (Å²) in [6.07, 6.45) is 5.26. The molecule has 2 fully saturated rings. The summed E-state index contributed by atoms with van der Waals surface area (Å²) < 4.78 is 37.8. The minimum atomic E-state index is -3.38. The first-order chi connectivity index (χ1) is 14.2. The van der Waals surface area contributed by atoms with E-state index in [-0.39, 0.29) is 24.3 Å². The number of carbonyl (C=O) groups is 1. The van der Waals surface area contributed by atoms with Gasteiger partial charge in [-0.15, -0.1) is 0 Å². The predicted molar refractivity (Wildman–Crippen MR) is 116 cm³/mol. The summed E-state index contributed by atoms with van der Waals surface area (Å²) >= 11 is 0. The van der Waals surface area contributed by atoms with E-state index >= 15 is 0 Å². The number of sulfonamides is 1. The summed E-state index contributed by atoms with van der Waals surface area (Å²) in [5.74, 6) is 0.565. The van der Waals surface area contributed by atoms with Crippen molar-refractivity contribution in [2.45, 2.75) is 76.2 Å². The third kappa shape index (κ3) is 6.43. The van der Waals surface area contributed by atoms with Gasteiger partial charge in [-0.05, 0) is 57.4 Å². The van der Waals surface area contributed by atoms with Crippen LogP contribution in [0.2, 0.25) is 0 Å². The number of benzene rings is 1. The number of ether oxygens (including phenoxy) is 2. The Morgan fingerprint density at radius 3 is 2.40 bits per heavy atom. The van der Waals surface area contributed by atoms with E-state index in [1.54, 1.807) is 18.7 Å². The molecule has 168 valence electrons. The first kappa shape index (κ1) is 23.0. The second kappa shape index (κ2) is 10.1. The van der Waals surface area contributed by atoms with Gasteiger partial charge in [-0.2, -0.15) is 0 Å². The van der Waals surface area contributed by atoms with E-state index in [0.29, 0.717) is 25.5 Å². The largest absolute Gasteiger partial charge is 0.447 e. The van der Waals surface area contributed by atoms with Gasteiger partial charge in [-0.3, -0.25) is 0 Å². The highest BCUT2D eigenvalue weighted by Crippen LogP contribution is 2.34. The van der Waals surface area contributed by atoms with Crippen LogP contribution in [0.1, 0.15) is 57.4 Å². The normalized spacial score (nSPS) is 27.4. The van der Waals surface area contributed by atoms with E-state index in [1.165, 1.54) is 5.56 Å². The van der Waals surface area contributed by atoms with Crippen molar-refractivity contribution in [3.63, 3.8) is 0 Å². The molecule has 0 aromatic heterocycles. The van der Waals surface area contributed by atoms with Gasteiger partial charge in [0.15, 0.2) is 0 Å². The number of likely N-dealkylation sites (tertiary alicyclic amines) is 1. The summed E-state index contributed by atoms with van der Waals surface area (Å²) in [4.78, 5) is 14.1. The Balaban J connectivity index is 1.57. The Morgan fingerprint density at radius 2 is 1.80 bits per heavy atom. The molecule has 1 heterocycles. The quantitative estimate of drug-likeness (QED) is 0.706. The summed E-state index contributed by atoms with van der Waals surface area (Å²) in [7, 11) is -3.38. The number of nitrogens with zero attached hydrogens (tertiary/aromatic N) is 1. The van der Waals surface area contributed by atoms with Gasteiger partial charge in [-0.1, -0.05) is 30.3 Å². The minimum absolute atomic E-state index is 0.132. The molecule has 1 aliphatic heterocycles. The first-order valence-corrected chi connectivity index (χ1v) is 12.7. The van der Waals surface area contributed by atoms with E-state index in [1.807, 2.05) is 6.07 Å². The minimum Gasteiger partial charge on any atom is -0.447 e. The van der Waals surface area contributed by atoms with Crippen LogP contribution in [0.3, 0.4) is 0 Å². The molecule has 1 saturated heterocycles. The zero-order valence-corrected chi connectivity index (χ0v) is 18.9. The van der Waals surface area contributed by atoms with Gasteiger partial charge in [0.25, 0.3) is 0 Å². The number of hydrogen-bond donors (Lipinski definition) is 1. The van der Waals surface area contributed by atoms with Crippen LogP contribution in [0.5, 0.6) is 0 Å². The standard InChI is InChI=1S/C22H34N2O5S/c1-16(2)29-22(25)24-14-13-20(23-30(3,26)27)21(24)15-28-19-11-9-18(10-12-19)17-7-5-4-6-8-17/h4-8,16,18-21,23H,9-15H2,1-3H3/t18?,19?,20-,21?/m0/s1. The van der Waals surface area contributed by atoms with Crippen molar-refractivity contribution in [2.24, 2.45) is 0 Å². The fourth-order valence-electron chi connectivity index (χ4n) is 4.49. The van der Waals surface area contributed by atoms with Crippen LogP contribution < -0.4 is 4.72 Å². The Labute approximate surface area is 180 Å². The second-order valence-electron chi connectivity index (χ2n) is 8.70. The average molecular weight is 439 g/mol. The van der Waals surface area contributed by atoms with Gasteiger partial charge in [0.05, 0.1) is 31.1 Å². The highest BCUT2D eigenvalue weighted by atomic mass is 32.2. The van der Waals surface area contributed by atoms with Gasteiger partial charge in [0.2, 0.25) is 10.0 Å². The van der Waals surface area contributed by atoms with Gasteiger partial charge >= 0.3 is 6.09 Å². The Hall–Kier alpha value is -1.64. The SMILES string of the molecule is CC(C)OC(=O)N1CC[C@H](NS(C)(=O)=O)C1COC1CCC(c2ccccc2)CC1. The van der Waals surface area contributed by atoms with E-state index in [0.717, 1.165) is 31.9 Å². The molecule has 0 bridgehead atoms. The lowest BCUT2D eigenvalue weighted by Gasteiger charge is -2.32. The maximum atomic E-state index is 12.5. The van der Waals surface area contributed by atoms with Crippen LogP contribution in [0.25, 0.3) is 0 Å². The Kier molecular flexibility index (Phi) is 7.76. The van der Waals surface area contributed by atoms with Crippen molar-refractivity contribution in [2.75, 3.05) is 19.4 Å². The molecule has 1 aromatic rings. The van der Waals surface area contributed by atoms with E-state index < -0.39 is 16.1 Å². The van der Waals surface area contributed by atoms with Crippen molar-refractivity contribution in [3.8, 4) is 0 Å². The summed E-state index contributed by atoms with van der Waals surface area (Å²) in [6, 6.07) is 9.85. The fourth-order valence-corrected chi connectivity index (χ4v) is 5.32. The van der Waals surface area contributed by atoms with Crippen molar-refractivity contribution in [3.05, 3.63) is 35.9 Å². The van der Waals surface area contributed by atoms with Gasteiger partial charge in [-0.25, -0.2) is 17.9 Å². The molecule has 0 radical (unpaired) electrons.